The number of morpholine rings is 1. The van der Waals surface area contributed by atoms with E-state index in [1.54, 1.807) is 50.1 Å². The van der Waals surface area contributed by atoms with Gasteiger partial charge in [-0.3, -0.25) is 14.6 Å². The molecule has 0 aliphatic carbocycles. The van der Waals surface area contributed by atoms with Gasteiger partial charge in [0.1, 0.15) is 5.75 Å². The number of methoxy groups -OCH3 is 1. The summed E-state index contributed by atoms with van der Waals surface area (Å²) < 4.78 is 36.6. The number of fused-ring (bicyclic) bond motifs is 1. The number of aromatic nitrogens is 1. The maximum Gasteiger partial charge on any atom is 0.233 e. The Morgan fingerprint density at radius 2 is 1.89 bits per heavy atom. The molecule has 0 N–H and O–H groups in total. The van der Waals surface area contributed by atoms with Gasteiger partial charge in [0.15, 0.2) is 15.0 Å². The molecule has 194 valence electrons. The molecule has 2 aromatic carbocycles. The summed E-state index contributed by atoms with van der Waals surface area (Å²) in [7, 11) is -1.73. The molecular weight excluding hydrogens is 498 g/mol. The van der Waals surface area contributed by atoms with Crippen molar-refractivity contribution in [2.45, 2.75) is 36.8 Å². The van der Waals surface area contributed by atoms with E-state index >= 15 is 0 Å². The number of hydrogen-bond donors (Lipinski definition) is 0. The number of hydrogen-bond acceptors (Lipinski definition) is 8. The van der Waals surface area contributed by atoms with Gasteiger partial charge in [0, 0.05) is 32.2 Å². The van der Waals surface area contributed by atoms with Gasteiger partial charge in [-0.25, -0.2) is 13.4 Å². The number of thiazole rings is 1. The van der Waals surface area contributed by atoms with Crippen molar-refractivity contribution in [1.29, 1.82) is 0 Å². The minimum atomic E-state index is -3.35. The van der Waals surface area contributed by atoms with Crippen LogP contribution in [0, 0.1) is 0 Å². The van der Waals surface area contributed by atoms with Crippen molar-refractivity contribution in [3.63, 3.8) is 0 Å². The smallest absolute Gasteiger partial charge is 0.233 e. The van der Waals surface area contributed by atoms with E-state index in [0.717, 1.165) is 60.8 Å². The zero-order valence-electron chi connectivity index (χ0n) is 21.0. The molecule has 0 atom stereocenters. The molecule has 3 aromatic rings. The lowest BCUT2D eigenvalue weighted by atomic mass is 10.1. The Morgan fingerprint density at radius 3 is 2.56 bits per heavy atom. The normalized spacial score (nSPS) is 14.9. The first-order valence-electron chi connectivity index (χ1n) is 12.2. The Balaban J connectivity index is 1.52. The number of amides is 1. The van der Waals surface area contributed by atoms with E-state index in [9.17, 15) is 13.2 Å². The Bertz CT molecular complexity index is 1280. The van der Waals surface area contributed by atoms with Gasteiger partial charge >= 0.3 is 0 Å². The van der Waals surface area contributed by atoms with E-state index in [4.69, 9.17) is 14.5 Å². The molecule has 0 bridgehead atoms. The molecule has 10 heteroatoms. The monoisotopic (exact) mass is 531 g/mol. The molecule has 0 saturated carbocycles. The van der Waals surface area contributed by atoms with Gasteiger partial charge in [-0.1, -0.05) is 23.5 Å². The molecule has 1 aliphatic heterocycles. The van der Waals surface area contributed by atoms with Crippen molar-refractivity contribution < 1.29 is 22.7 Å². The highest BCUT2D eigenvalue weighted by Gasteiger charge is 2.22. The van der Waals surface area contributed by atoms with Crippen molar-refractivity contribution >= 4 is 42.4 Å². The fourth-order valence-electron chi connectivity index (χ4n) is 4.08. The average molecular weight is 532 g/mol. The summed E-state index contributed by atoms with van der Waals surface area (Å²) in [4.78, 5) is 22.6. The fraction of sp³-hybridized carbons (Fsp3) is 0.462. The number of anilines is 1. The van der Waals surface area contributed by atoms with Crippen LogP contribution in [0.4, 0.5) is 5.13 Å². The van der Waals surface area contributed by atoms with Gasteiger partial charge in [-0.15, -0.1) is 0 Å². The summed E-state index contributed by atoms with van der Waals surface area (Å²) in [5, 5.41) is 0.161. The maximum absolute atomic E-state index is 13.5. The van der Waals surface area contributed by atoms with Crippen LogP contribution < -0.4 is 9.64 Å². The van der Waals surface area contributed by atoms with E-state index < -0.39 is 15.1 Å². The van der Waals surface area contributed by atoms with Gasteiger partial charge in [-0.2, -0.15) is 0 Å². The van der Waals surface area contributed by atoms with Crippen LogP contribution in [0.15, 0.2) is 47.4 Å². The minimum Gasteiger partial charge on any atom is -0.497 e. The van der Waals surface area contributed by atoms with Gasteiger partial charge in [0.05, 0.1) is 47.1 Å². The van der Waals surface area contributed by atoms with Crippen LogP contribution in [0.25, 0.3) is 10.2 Å². The van der Waals surface area contributed by atoms with Crippen molar-refractivity contribution in [3.05, 3.63) is 48.0 Å². The Labute approximate surface area is 216 Å². The van der Waals surface area contributed by atoms with Gasteiger partial charge in [-0.05, 0) is 50.1 Å². The second-order valence-electron chi connectivity index (χ2n) is 9.10. The Kier molecular flexibility index (Phi) is 8.61. The molecular formula is C26H33N3O5S2. The number of ether oxygens (including phenoxy) is 2. The lowest BCUT2D eigenvalue weighted by Gasteiger charge is -2.27. The standard InChI is InChI=1S/C26H33N3O5S2/c1-19(2)36(31,32)22-8-5-20(6-9-22)17-25(30)29(12-4-11-28-13-15-34-16-14-28)26-27-23-18-21(33-3)7-10-24(23)35-26/h5-10,18-19H,4,11-17H2,1-3H3. The van der Waals surface area contributed by atoms with E-state index in [0.29, 0.717) is 11.7 Å². The van der Waals surface area contributed by atoms with Gasteiger partial charge in [0.25, 0.3) is 0 Å². The zero-order valence-corrected chi connectivity index (χ0v) is 22.6. The molecule has 4 rings (SSSR count). The van der Waals surface area contributed by atoms with E-state index in [2.05, 4.69) is 4.90 Å². The number of carbonyl (C=O) groups is 1. The molecule has 2 heterocycles. The second kappa shape index (κ2) is 11.7. The number of benzene rings is 2. The molecule has 0 spiro atoms. The third kappa shape index (κ3) is 6.23. The lowest BCUT2D eigenvalue weighted by Crippen LogP contribution is -2.39. The Morgan fingerprint density at radius 1 is 1.17 bits per heavy atom. The molecule has 8 nitrogen and oxygen atoms in total. The van der Waals surface area contributed by atoms with Crippen LogP contribution in [0.3, 0.4) is 0 Å². The Hall–Kier alpha value is -2.53. The molecule has 1 aromatic heterocycles. The van der Waals surface area contributed by atoms with Crippen molar-refractivity contribution in [1.82, 2.24) is 9.88 Å². The summed E-state index contributed by atoms with van der Waals surface area (Å²) >= 11 is 1.48. The van der Waals surface area contributed by atoms with Crippen LogP contribution >= 0.6 is 11.3 Å². The maximum atomic E-state index is 13.5. The van der Waals surface area contributed by atoms with Gasteiger partial charge in [0.2, 0.25) is 5.91 Å². The van der Waals surface area contributed by atoms with Crippen LogP contribution in [0.5, 0.6) is 5.75 Å². The van der Waals surface area contributed by atoms with Crippen molar-refractivity contribution in [3.8, 4) is 5.75 Å². The fourth-order valence-corrected chi connectivity index (χ4v) is 6.13. The summed E-state index contributed by atoms with van der Waals surface area (Å²) in [6, 6.07) is 12.3. The number of rotatable bonds is 10. The summed E-state index contributed by atoms with van der Waals surface area (Å²) in [6.45, 7) is 8.04. The highest BCUT2D eigenvalue weighted by molar-refractivity contribution is 7.92. The first-order valence-corrected chi connectivity index (χ1v) is 14.5. The third-order valence-corrected chi connectivity index (χ3v) is 9.53. The predicted molar refractivity (Wildman–Crippen MR) is 143 cm³/mol. The largest absolute Gasteiger partial charge is 0.497 e. The molecule has 1 saturated heterocycles. The SMILES string of the molecule is COc1ccc2sc(N(CCCN3CCOCC3)C(=O)Cc3ccc(S(=O)(=O)C(C)C)cc3)nc2c1. The summed E-state index contributed by atoms with van der Waals surface area (Å²) in [5.41, 5.74) is 1.56. The first-order chi connectivity index (χ1) is 17.3. The lowest BCUT2D eigenvalue weighted by molar-refractivity contribution is -0.118. The summed E-state index contributed by atoms with van der Waals surface area (Å²) in [6.07, 6.45) is 0.982. The third-order valence-electron chi connectivity index (χ3n) is 6.30. The van der Waals surface area contributed by atoms with Gasteiger partial charge < -0.3 is 9.47 Å². The number of carbonyl (C=O) groups excluding carboxylic acids is 1. The molecule has 0 radical (unpaired) electrons. The molecule has 1 fully saturated rings. The summed E-state index contributed by atoms with van der Waals surface area (Å²) in [5.74, 6) is 0.656. The molecule has 0 unspecified atom stereocenters. The second-order valence-corrected chi connectivity index (χ2v) is 12.6. The zero-order chi connectivity index (χ0) is 25.7. The highest BCUT2D eigenvalue weighted by atomic mass is 32.2. The van der Waals surface area contributed by atoms with Crippen molar-refractivity contribution in [2.75, 3.05) is 51.4 Å². The number of nitrogens with zero attached hydrogens (tertiary/aromatic N) is 3. The molecule has 1 amide bonds. The first kappa shape index (κ1) is 26.5. The quantitative estimate of drug-likeness (QED) is 0.393. The van der Waals surface area contributed by atoms with Crippen molar-refractivity contribution in [2.24, 2.45) is 0 Å². The predicted octanol–water partition coefficient (Wildman–Crippen LogP) is 3.79. The topological polar surface area (TPSA) is 89.0 Å². The molecule has 36 heavy (non-hydrogen) atoms. The van der Waals surface area contributed by atoms with Crippen LogP contribution in [0.2, 0.25) is 0 Å². The number of sulfone groups is 1. The van der Waals surface area contributed by atoms with Crippen LogP contribution in [-0.2, 0) is 25.8 Å². The van der Waals surface area contributed by atoms with E-state index in [-0.39, 0.29) is 17.2 Å². The van der Waals surface area contributed by atoms with E-state index in [1.165, 1.54) is 11.3 Å². The minimum absolute atomic E-state index is 0.0672. The van der Waals surface area contributed by atoms with Crippen LogP contribution in [0.1, 0.15) is 25.8 Å². The molecule has 1 aliphatic rings. The average Bonchev–Trinajstić information content (AvgIpc) is 3.30. The van der Waals surface area contributed by atoms with Crippen LogP contribution in [-0.4, -0.2) is 76.0 Å². The van der Waals surface area contributed by atoms with E-state index in [1.807, 2.05) is 18.2 Å². The highest BCUT2D eigenvalue weighted by Crippen LogP contribution is 2.32.